The highest BCUT2D eigenvalue weighted by molar-refractivity contribution is 8.27. The fourth-order valence-corrected chi connectivity index (χ4v) is 4.46. The predicted molar refractivity (Wildman–Crippen MR) is 105 cm³/mol. The molecule has 0 radical (unpaired) electrons. The summed E-state index contributed by atoms with van der Waals surface area (Å²) in [5, 5.41) is 2.03. The summed E-state index contributed by atoms with van der Waals surface area (Å²) < 4.78 is 0.577. The van der Waals surface area contributed by atoms with E-state index in [0.29, 0.717) is 9.23 Å². The Morgan fingerprint density at radius 3 is 2.43 bits per heavy atom. The van der Waals surface area contributed by atoms with Crippen molar-refractivity contribution in [3.8, 4) is 0 Å². The number of carbonyl (C=O) groups excluding carboxylic acids is 1. The van der Waals surface area contributed by atoms with Gasteiger partial charge in [-0.2, -0.15) is 0 Å². The maximum absolute atomic E-state index is 12.7. The Kier molecular flexibility index (Phi) is 4.57. The van der Waals surface area contributed by atoms with Crippen LogP contribution in [0.3, 0.4) is 0 Å². The summed E-state index contributed by atoms with van der Waals surface area (Å²) >= 11 is 8.40. The fraction of sp³-hybridized carbons (Fsp3) is 0.176. The molecular weight excluding hydrogens is 344 g/mol. The van der Waals surface area contributed by atoms with Gasteiger partial charge in [0.2, 0.25) is 0 Å². The minimum absolute atomic E-state index is 0.0506. The zero-order valence-corrected chi connectivity index (χ0v) is 15.5. The van der Waals surface area contributed by atoms with Crippen LogP contribution in [0.4, 0.5) is 11.4 Å². The van der Waals surface area contributed by atoms with Gasteiger partial charge in [-0.15, -0.1) is 11.3 Å². The third kappa shape index (κ3) is 3.20. The summed E-state index contributed by atoms with van der Waals surface area (Å²) in [4.78, 5) is 18.1. The average molecular weight is 361 g/mol. The van der Waals surface area contributed by atoms with Crippen molar-refractivity contribution in [3.63, 3.8) is 0 Å². The van der Waals surface area contributed by atoms with E-state index in [1.807, 2.05) is 61.6 Å². The number of thiophene rings is 1. The Morgan fingerprint density at radius 2 is 1.87 bits per heavy atom. The molecule has 1 aromatic carbocycles. The minimum Gasteiger partial charge on any atom is -0.378 e. The molecule has 1 saturated heterocycles. The van der Waals surface area contributed by atoms with Crippen molar-refractivity contribution in [1.82, 2.24) is 0 Å². The van der Waals surface area contributed by atoms with Gasteiger partial charge in [0.05, 0.1) is 10.6 Å². The molecule has 6 heteroatoms. The molecule has 1 aliphatic rings. The maximum atomic E-state index is 12.7. The van der Waals surface area contributed by atoms with E-state index >= 15 is 0 Å². The summed E-state index contributed by atoms with van der Waals surface area (Å²) in [6.45, 7) is 2.04. The number of hydrogen-bond acceptors (Lipinski definition) is 5. The zero-order valence-electron chi connectivity index (χ0n) is 13.1. The van der Waals surface area contributed by atoms with Gasteiger partial charge < -0.3 is 4.90 Å². The van der Waals surface area contributed by atoms with Gasteiger partial charge in [0.25, 0.3) is 5.91 Å². The first-order valence-corrected chi connectivity index (χ1v) is 9.17. The Morgan fingerprint density at radius 1 is 1.17 bits per heavy atom. The van der Waals surface area contributed by atoms with Gasteiger partial charge in [0.15, 0.2) is 4.32 Å². The van der Waals surface area contributed by atoms with E-state index in [9.17, 15) is 4.79 Å². The highest BCUT2D eigenvalue weighted by Crippen LogP contribution is 2.37. The second-order valence-corrected chi connectivity index (χ2v) is 8.02. The molecule has 118 valence electrons. The van der Waals surface area contributed by atoms with Gasteiger partial charge in [0.1, 0.15) is 0 Å². The van der Waals surface area contributed by atoms with Crippen molar-refractivity contribution >= 4 is 63.0 Å². The number of thioether (sulfide) groups is 1. The molecule has 0 bridgehead atoms. The fourth-order valence-electron chi connectivity index (χ4n) is 2.24. The summed E-state index contributed by atoms with van der Waals surface area (Å²) in [5.41, 5.74) is 3.07. The molecule has 3 nitrogen and oxygen atoms in total. The lowest BCUT2D eigenvalue weighted by atomic mass is 10.2. The molecule has 0 aliphatic carbocycles. The first-order valence-electron chi connectivity index (χ1n) is 7.07. The Labute approximate surface area is 149 Å². The van der Waals surface area contributed by atoms with Crippen LogP contribution in [0.1, 0.15) is 10.4 Å². The summed E-state index contributed by atoms with van der Waals surface area (Å²) in [5.74, 6) is -0.0506. The van der Waals surface area contributed by atoms with Gasteiger partial charge >= 0.3 is 0 Å². The highest BCUT2D eigenvalue weighted by Gasteiger charge is 2.33. The van der Waals surface area contributed by atoms with Crippen LogP contribution in [0.15, 0.2) is 40.6 Å². The molecule has 0 spiro atoms. The van der Waals surface area contributed by atoms with Crippen LogP contribution >= 0.6 is 35.3 Å². The van der Waals surface area contributed by atoms with Crippen molar-refractivity contribution in [1.29, 1.82) is 0 Å². The molecule has 1 aromatic heterocycles. The number of benzene rings is 1. The first kappa shape index (κ1) is 16.2. The maximum Gasteiger partial charge on any atom is 0.270 e. The normalized spacial score (nSPS) is 16.5. The molecule has 0 N–H and O–H groups in total. The molecule has 1 fully saturated rings. The van der Waals surface area contributed by atoms with E-state index in [1.54, 1.807) is 16.2 Å². The largest absolute Gasteiger partial charge is 0.378 e. The van der Waals surface area contributed by atoms with Crippen molar-refractivity contribution in [2.24, 2.45) is 0 Å². The van der Waals surface area contributed by atoms with Crippen molar-refractivity contribution in [2.75, 3.05) is 23.9 Å². The molecule has 1 amide bonds. The average Bonchev–Trinajstić information content (AvgIpc) is 3.04. The molecule has 0 unspecified atom stereocenters. The number of thiocarbonyl (C=S) groups is 1. The van der Waals surface area contributed by atoms with Crippen molar-refractivity contribution < 1.29 is 4.79 Å². The van der Waals surface area contributed by atoms with E-state index in [1.165, 1.54) is 17.3 Å². The molecule has 0 saturated carbocycles. The number of aryl methyl sites for hydroxylation is 1. The molecule has 0 atom stereocenters. The van der Waals surface area contributed by atoms with E-state index < -0.39 is 0 Å². The van der Waals surface area contributed by atoms with E-state index in [2.05, 4.69) is 6.07 Å². The third-order valence-corrected chi connectivity index (χ3v) is 5.85. The lowest BCUT2D eigenvalue weighted by Crippen LogP contribution is -2.27. The Hall–Kier alpha value is -1.63. The zero-order chi connectivity index (χ0) is 16.6. The summed E-state index contributed by atoms with van der Waals surface area (Å²) in [7, 11) is 3.97. The molecule has 2 heterocycles. The number of nitrogens with zero attached hydrogens (tertiary/aromatic N) is 2. The van der Waals surface area contributed by atoms with Crippen LogP contribution in [-0.4, -0.2) is 24.3 Å². The number of hydrogen-bond donors (Lipinski definition) is 0. The van der Waals surface area contributed by atoms with Crippen molar-refractivity contribution in [2.45, 2.75) is 6.92 Å². The quantitative estimate of drug-likeness (QED) is 0.593. The van der Waals surface area contributed by atoms with Gasteiger partial charge in [-0.3, -0.25) is 9.69 Å². The number of carbonyl (C=O) groups is 1. The number of rotatable bonds is 3. The van der Waals surface area contributed by atoms with E-state index in [0.717, 1.165) is 16.3 Å². The van der Waals surface area contributed by atoms with E-state index in [-0.39, 0.29) is 5.91 Å². The van der Waals surface area contributed by atoms with Crippen LogP contribution < -0.4 is 9.80 Å². The van der Waals surface area contributed by atoms with Crippen LogP contribution in [0, 0.1) is 6.92 Å². The molecular formula is C17H16N2OS3. The van der Waals surface area contributed by atoms with Crippen LogP contribution in [0.5, 0.6) is 0 Å². The van der Waals surface area contributed by atoms with Gasteiger partial charge in [-0.25, -0.2) is 0 Å². The second-order valence-electron chi connectivity index (χ2n) is 5.40. The monoisotopic (exact) mass is 360 g/mol. The topological polar surface area (TPSA) is 23.6 Å². The first-order chi connectivity index (χ1) is 11.0. The summed E-state index contributed by atoms with van der Waals surface area (Å²) in [6, 6.07) is 9.89. The standard InChI is InChI=1S/C17H16N2OS3/c1-11-8-9-22-14(11)10-15-16(20)19(17(21)23-15)13-6-4-12(5-7-13)18(2)3/h4-10H,1-3H3/b15-10+. The molecule has 1 aliphatic heterocycles. The van der Waals surface area contributed by atoms with Crippen LogP contribution in [0.25, 0.3) is 6.08 Å². The van der Waals surface area contributed by atoms with Gasteiger partial charge in [-0.1, -0.05) is 24.0 Å². The lowest BCUT2D eigenvalue weighted by molar-refractivity contribution is -0.113. The Balaban J connectivity index is 1.90. The number of amides is 1. The second kappa shape index (κ2) is 6.47. The minimum atomic E-state index is -0.0506. The lowest BCUT2D eigenvalue weighted by Gasteiger charge is -2.17. The summed E-state index contributed by atoms with van der Waals surface area (Å²) in [6.07, 6.45) is 1.94. The van der Waals surface area contributed by atoms with Crippen molar-refractivity contribution in [3.05, 3.63) is 51.1 Å². The van der Waals surface area contributed by atoms with Crippen LogP contribution in [0.2, 0.25) is 0 Å². The van der Waals surface area contributed by atoms with Crippen LogP contribution in [-0.2, 0) is 4.79 Å². The predicted octanol–water partition coefficient (Wildman–Crippen LogP) is 4.53. The molecule has 2 aromatic rings. The molecule has 23 heavy (non-hydrogen) atoms. The smallest absolute Gasteiger partial charge is 0.270 e. The van der Waals surface area contributed by atoms with Gasteiger partial charge in [0, 0.05) is 24.7 Å². The Bertz CT molecular complexity index is 790. The molecule has 3 rings (SSSR count). The highest BCUT2D eigenvalue weighted by atomic mass is 32.2. The number of anilines is 2. The van der Waals surface area contributed by atoms with Gasteiger partial charge in [-0.05, 0) is 54.3 Å². The van der Waals surface area contributed by atoms with E-state index in [4.69, 9.17) is 12.2 Å². The SMILES string of the molecule is Cc1ccsc1/C=C1/SC(=S)N(c2ccc(N(C)C)cc2)C1=O. The third-order valence-electron chi connectivity index (χ3n) is 3.58.